The highest BCUT2D eigenvalue weighted by molar-refractivity contribution is 5.92. The maximum Gasteiger partial charge on any atom is 0.573 e. The zero-order valence-corrected chi connectivity index (χ0v) is 10.2. The molecule has 0 aliphatic carbocycles. The van der Waals surface area contributed by atoms with Gasteiger partial charge in [-0.15, -0.1) is 13.2 Å². The van der Waals surface area contributed by atoms with E-state index in [-0.39, 0.29) is 5.69 Å². The molecular weight excluding hydrogens is 281 g/mol. The lowest BCUT2D eigenvalue weighted by Gasteiger charge is -2.12. The third-order valence-electron chi connectivity index (χ3n) is 2.04. The fraction of sp³-hybridized carbons (Fsp3) is 0.273. The normalized spacial score (nSPS) is 12.4. The van der Waals surface area contributed by atoms with Gasteiger partial charge in [-0.05, 0) is 19.1 Å². The van der Waals surface area contributed by atoms with Gasteiger partial charge >= 0.3 is 18.4 Å². The molecule has 0 saturated carbocycles. The summed E-state index contributed by atoms with van der Waals surface area (Å²) in [5.41, 5.74) is 0.0295. The second-order valence-electron chi connectivity index (χ2n) is 3.73. The highest BCUT2D eigenvalue weighted by Gasteiger charge is 2.31. The number of aliphatic carboxylic acids is 1. The lowest BCUT2D eigenvalue weighted by Crippen LogP contribution is -2.40. The van der Waals surface area contributed by atoms with Crippen LogP contribution in [0.4, 0.5) is 23.7 Å². The van der Waals surface area contributed by atoms with Gasteiger partial charge in [0.2, 0.25) is 0 Å². The molecular formula is C11H11F3N2O4. The second kappa shape index (κ2) is 6.13. The molecule has 0 saturated heterocycles. The van der Waals surface area contributed by atoms with Crippen molar-refractivity contribution in [3.63, 3.8) is 0 Å². The molecule has 110 valence electrons. The Morgan fingerprint density at radius 2 is 2.00 bits per heavy atom. The van der Waals surface area contributed by atoms with Gasteiger partial charge in [0, 0.05) is 11.8 Å². The first-order chi connectivity index (χ1) is 9.17. The average Bonchev–Trinajstić information content (AvgIpc) is 2.26. The average molecular weight is 292 g/mol. The molecule has 0 aliphatic rings. The van der Waals surface area contributed by atoms with Crippen LogP contribution >= 0.6 is 0 Å². The first-order valence-electron chi connectivity index (χ1n) is 5.33. The van der Waals surface area contributed by atoms with Gasteiger partial charge < -0.3 is 20.5 Å². The molecule has 0 fully saturated rings. The zero-order chi connectivity index (χ0) is 15.3. The Labute approximate surface area is 111 Å². The van der Waals surface area contributed by atoms with Gasteiger partial charge in [0.15, 0.2) is 0 Å². The smallest absolute Gasteiger partial charge is 0.480 e. The van der Waals surface area contributed by atoms with Crippen molar-refractivity contribution in [3.05, 3.63) is 24.3 Å². The number of urea groups is 1. The molecule has 0 bridgehead atoms. The van der Waals surface area contributed by atoms with Crippen LogP contribution in [0.15, 0.2) is 24.3 Å². The number of hydrogen-bond donors (Lipinski definition) is 3. The van der Waals surface area contributed by atoms with E-state index in [1.54, 1.807) is 0 Å². The fourth-order valence-electron chi connectivity index (χ4n) is 1.20. The first-order valence-corrected chi connectivity index (χ1v) is 5.33. The van der Waals surface area contributed by atoms with E-state index in [2.05, 4.69) is 15.4 Å². The van der Waals surface area contributed by atoms with E-state index < -0.39 is 30.2 Å². The molecule has 1 atom stereocenters. The standard InChI is InChI=1S/C11H11F3N2O4/c1-6(9(17)18)15-10(19)16-7-3-2-4-8(5-7)20-11(12,13)14/h2-6H,1H3,(H,17,18)(H2,15,16,19)/t6-/m0/s1. The van der Waals surface area contributed by atoms with Crippen LogP contribution in [0.1, 0.15) is 6.92 Å². The van der Waals surface area contributed by atoms with Gasteiger partial charge in [-0.2, -0.15) is 0 Å². The van der Waals surface area contributed by atoms with Crippen LogP contribution in [0, 0.1) is 0 Å². The molecule has 1 aromatic rings. The number of rotatable bonds is 4. The summed E-state index contributed by atoms with van der Waals surface area (Å²) in [6, 6.07) is 2.61. The zero-order valence-electron chi connectivity index (χ0n) is 10.2. The Balaban J connectivity index is 2.66. The maximum atomic E-state index is 12.0. The van der Waals surface area contributed by atoms with E-state index in [9.17, 15) is 22.8 Å². The molecule has 9 heteroatoms. The number of ether oxygens (including phenoxy) is 1. The van der Waals surface area contributed by atoms with Crippen LogP contribution in [0.2, 0.25) is 0 Å². The number of anilines is 1. The van der Waals surface area contributed by atoms with Gasteiger partial charge in [0.1, 0.15) is 11.8 Å². The number of carboxylic acids is 1. The summed E-state index contributed by atoms with van der Waals surface area (Å²) in [7, 11) is 0. The van der Waals surface area contributed by atoms with Gasteiger partial charge in [-0.1, -0.05) is 6.07 Å². The lowest BCUT2D eigenvalue weighted by molar-refractivity contribution is -0.274. The van der Waals surface area contributed by atoms with Crippen LogP contribution in [0.3, 0.4) is 0 Å². The van der Waals surface area contributed by atoms with Crippen molar-refractivity contribution in [2.75, 3.05) is 5.32 Å². The Kier molecular flexibility index (Phi) is 4.78. The molecule has 0 spiro atoms. The largest absolute Gasteiger partial charge is 0.573 e. The molecule has 0 aromatic heterocycles. The summed E-state index contributed by atoms with van der Waals surface area (Å²) in [5, 5.41) is 12.9. The van der Waals surface area contributed by atoms with Gasteiger partial charge in [-0.25, -0.2) is 4.79 Å². The summed E-state index contributed by atoms with van der Waals surface area (Å²) in [6.45, 7) is 1.24. The van der Waals surface area contributed by atoms with E-state index in [0.29, 0.717) is 0 Å². The third kappa shape index (κ3) is 5.46. The third-order valence-corrected chi connectivity index (χ3v) is 2.04. The predicted octanol–water partition coefficient (Wildman–Crippen LogP) is 2.18. The summed E-state index contributed by atoms with van der Waals surface area (Å²) < 4.78 is 39.7. The molecule has 0 radical (unpaired) electrons. The predicted molar refractivity (Wildman–Crippen MR) is 62.4 cm³/mol. The van der Waals surface area contributed by atoms with E-state index in [0.717, 1.165) is 12.1 Å². The number of halogens is 3. The quantitative estimate of drug-likeness (QED) is 0.793. The molecule has 1 rings (SSSR count). The highest BCUT2D eigenvalue weighted by Crippen LogP contribution is 2.24. The number of nitrogens with one attached hydrogen (secondary N) is 2. The van der Waals surface area contributed by atoms with Crippen molar-refractivity contribution in [2.24, 2.45) is 0 Å². The van der Waals surface area contributed by atoms with Crippen LogP contribution in [0.5, 0.6) is 5.75 Å². The Morgan fingerprint density at radius 1 is 1.35 bits per heavy atom. The van der Waals surface area contributed by atoms with Crippen LogP contribution in [-0.2, 0) is 4.79 Å². The van der Waals surface area contributed by atoms with Crippen molar-refractivity contribution in [2.45, 2.75) is 19.3 Å². The molecule has 1 aromatic carbocycles. The van der Waals surface area contributed by atoms with Gasteiger partial charge in [0.25, 0.3) is 0 Å². The number of alkyl halides is 3. The van der Waals surface area contributed by atoms with E-state index in [1.165, 1.54) is 19.1 Å². The van der Waals surface area contributed by atoms with Crippen molar-refractivity contribution < 1.29 is 32.6 Å². The maximum absolute atomic E-state index is 12.0. The van der Waals surface area contributed by atoms with Crippen LogP contribution in [-0.4, -0.2) is 29.5 Å². The summed E-state index contributed by atoms with van der Waals surface area (Å²) in [4.78, 5) is 21.9. The van der Waals surface area contributed by atoms with Crippen molar-refractivity contribution in [3.8, 4) is 5.75 Å². The molecule has 0 aliphatic heterocycles. The molecule has 20 heavy (non-hydrogen) atoms. The number of amides is 2. The molecule has 6 nitrogen and oxygen atoms in total. The van der Waals surface area contributed by atoms with E-state index in [1.807, 2.05) is 0 Å². The van der Waals surface area contributed by atoms with Crippen molar-refractivity contribution in [1.82, 2.24) is 5.32 Å². The number of carbonyl (C=O) groups is 2. The topological polar surface area (TPSA) is 87.7 Å². The monoisotopic (exact) mass is 292 g/mol. The number of carboxylic acid groups (broad SMARTS) is 1. The SMILES string of the molecule is C[C@H](NC(=O)Nc1cccc(OC(F)(F)F)c1)C(=O)O. The van der Waals surface area contributed by atoms with Gasteiger partial charge in [-0.3, -0.25) is 4.79 Å². The minimum atomic E-state index is -4.83. The minimum Gasteiger partial charge on any atom is -0.480 e. The van der Waals surface area contributed by atoms with Gasteiger partial charge in [0.05, 0.1) is 0 Å². The number of carbonyl (C=O) groups excluding carboxylic acids is 1. The number of hydrogen-bond acceptors (Lipinski definition) is 3. The Bertz CT molecular complexity index is 505. The van der Waals surface area contributed by atoms with Crippen LogP contribution in [0.25, 0.3) is 0 Å². The number of benzene rings is 1. The van der Waals surface area contributed by atoms with E-state index >= 15 is 0 Å². The summed E-state index contributed by atoms with van der Waals surface area (Å²) in [5.74, 6) is -1.74. The fourth-order valence-corrected chi connectivity index (χ4v) is 1.20. The second-order valence-corrected chi connectivity index (χ2v) is 3.73. The highest BCUT2D eigenvalue weighted by atomic mass is 19.4. The summed E-state index contributed by atoms with van der Waals surface area (Å²) in [6.07, 6.45) is -4.83. The molecule has 0 unspecified atom stereocenters. The van der Waals surface area contributed by atoms with Crippen LogP contribution < -0.4 is 15.4 Å². The van der Waals surface area contributed by atoms with Crippen molar-refractivity contribution >= 4 is 17.7 Å². The summed E-state index contributed by atoms with van der Waals surface area (Å²) >= 11 is 0. The van der Waals surface area contributed by atoms with Crippen molar-refractivity contribution in [1.29, 1.82) is 0 Å². The molecule has 0 heterocycles. The van der Waals surface area contributed by atoms with E-state index in [4.69, 9.17) is 5.11 Å². The first kappa shape index (κ1) is 15.6. The molecule has 2 amide bonds. The molecule has 3 N–H and O–H groups in total. The minimum absolute atomic E-state index is 0.0295. The lowest BCUT2D eigenvalue weighted by atomic mass is 10.3. The Hall–Kier alpha value is -2.45. The Morgan fingerprint density at radius 3 is 2.55 bits per heavy atom.